The van der Waals surface area contributed by atoms with Gasteiger partial charge in [-0.15, -0.1) is 11.3 Å². The third-order valence-electron chi connectivity index (χ3n) is 3.81. The van der Waals surface area contributed by atoms with E-state index in [-0.39, 0.29) is 0 Å². The molecule has 1 aromatic rings. The molecular weight excluding hydrogens is 214 g/mol. The SMILES string of the molecule is NC(CCc1cccs1)C1CCCCCC1. The zero-order valence-electron chi connectivity index (χ0n) is 10.0. The second kappa shape index (κ2) is 6.41. The van der Waals surface area contributed by atoms with Crippen LogP contribution in [0.1, 0.15) is 49.8 Å². The van der Waals surface area contributed by atoms with Gasteiger partial charge in [-0.25, -0.2) is 0 Å². The van der Waals surface area contributed by atoms with Crippen LogP contribution >= 0.6 is 11.3 Å². The van der Waals surface area contributed by atoms with E-state index in [1.54, 1.807) is 0 Å². The molecule has 16 heavy (non-hydrogen) atoms. The minimum atomic E-state index is 0.431. The first-order chi connectivity index (χ1) is 7.86. The summed E-state index contributed by atoms with van der Waals surface area (Å²) in [5.41, 5.74) is 6.34. The molecule has 1 aliphatic carbocycles. The van der Waals surface area contributed by atoms with Crippen molar-refractivity contribution in [2.75, 3.05) is 0 Å². The lowest BCUT2D eigenvalue weighted by Crippen LogP contribution is -2.30. The predicted octanol–water partition coefficient (Wildman–Crippen LogP) is 3.98. The molecule has 0 bridgehead atoms. The highest BCUT2D eigenvalue weighted by Crippen LogP contribution is 2.26. The molecule has 0 radical (unpaired) electrons. The van der Waals surface area contributed by atoms with E-state index in [4.69, 9.17) is 5.73 Å². The van der Waals surface area contributed by atoms with Crippen LogP contribution in [0.5, 0.6) is 0 Å². The van der Waals surface area contributed by atoms with Crippen LogP contribution in [0.4, 0.5) is 0 Å². The summed E-state index contributed by atoms with van der Waals surface area (Å²) in [5.74, 6) is 0.794. The third kappa shape index (κ3) is 3.60. The molecule has 0 spiro atoms. The standard InChI is InChI=1S/C14H23NS/c15-14(10-9-13-8-5-11-16-13)12-6-3-1-2-4-7-12/h5,8,11-12,14H,1-4,6-7,9-10,15H2. The van der Waals surface area contributed by atoms with Crippen LogP contribution in [-0.2, 0) is 6.42 Å². The summed E-state index contributed by atoms with van der Waals surface area (Å²) in [6.07, 6.45) is 10.7. The van der Waals surface area contributed by atoms with Gasteiger partial charge < -0.3 is 5.73 Å². The Kier molecular flexibility index (Phi) is 4.86. The second-order valence-corrected chi connectivity index (χ2v) is 6.07. The van der Waals surface area contributed by atoms with Gasteiger partial charge in [0.1, 0.15) is 0 Å². The van der Waals surface area contributed by atoms with Gasteiger partial charge in [-0.3, -0.25) is 0 Å². The van der Waals surface area contributed by atoms with E-state index >= 15 is 0 Å². The topological polar surface area (TPSA) is 26.0 Å². The Hall–Kier alpha value is -0.340. The molecular formula is C14H23NS. The largest absolute Gasteiger partial charge is 0.327 e. The van der Waals surface area contributed by atoms with Gasteiger partial charge >= 0.3 is 0 Å². The van der Waals surface area contributed by atoms with Crippen molar-refractivity contribution in [1.29, 1.82) is 0 Å². The quantitative estimate of drug-likeness (QED) is 0.788. The molecule has 1 atom stereocenters. The lowest BCUT2D eigenvalue weighted by Gasteiger charge is -2.21. The zero-order chi connectivity index (χ0) is 11.2. The summed E-state index contributed by atoms with van der Waals surface area (Å²) in [6.45, 7) is 0. The summed E-state index contributed by atoms with van der Waals surface area (Å²) in [7, 11) is 0. The minimum Gasteiger partial charge on any atom is -0.327 e. The molecule has 1 fully saturated rings. The predicted molar refractivity (Wildman–Crippen MR) is 71.8 cm³/mol. The summed E-state index contributed by atoms with van der Waals surface area (Å²) < 4.78 is 0. The molecule has 0 amide bonds. The maximum atomic E-state index is 6.34. The number of rotatable bonds is 4. The Bertz CT molecular complexity index is 273. The van der Waals surface area contributed by atoms with E-state index in [9.17, 15) is 0 Å². The van der Waals surface area contributed by atoms with Gasteiger partial charge in [-0.05, 0) is 43.0 Å². The molecule has 1 aliphatic rings. The van der Waals surface area contributed by atoms with Crippen molar-refractivity contribution in [3.05, 3.63) is 22.4 Å². The molecule has 0 aromatic carbocycles. The van der Waals surface area contributed by atoms with Gasteiger partial charge in [0.15, 0.2) is 0 Å². The summed E-state index contributed by atoms with van der Waals surface area (Å²) in [5, 5.41) is 2.16. The Morgan fingerprint density at radius 3 is 2.62 bits per heavy atom. The van der Waals surface area contributed by atoms with Crippen LogP contribution in [0, 0.1) is 5.92 Å². The van der Waals surface area contributed by atoms with Crippen LogP contribution in [-0.4, -0.2) is 6.04 Å². The first-order valence-electron chi connectivity index (χ1n) is 6.64. The molecule has 2 rings (SSSR count). The number of hydrogen-bond donors (Lipinski definition) is 1. The summed E-state index contributed by atoms with van der Waals surface area (Å²) in [6, 6.07) is 4.79. The Balaban J connectivity index is 1.75. The maximum Gasteiger partial charge on any atom is 0.00706 e. The van der Waals surface area contributed by atoms with Gasteiger partial charge in [0, 0.05) is 10.9 Å². The van der Waals surface area contributed by atoms with Gasteiger partial charge in [-0.2, -0.15) is 0 Å². The molecule has 1 aromatic heterocycles. The van der Waals surface area contributed by atoms with Crippen molar-refractivity contribution < 1.29 is 0 Å². The molecule has 1 nitrogen and oxygen atoms in total. The van der Waals surface area contributed by atoms with E-state index in [0.717, 1.165) is 5.92 Å². The smallest absolute Gasteiger partial charge is 0.00706 e. The highest BCUT2D eigenvalue weighted by atomic mass is 32.1. The fraction of sp³-hybridized carbons (Fsp3) is 0.714. The van der Waals surface area contributed by atoms with Crippen molar-refractivity contribution in [3.63, 3.8) is 0 Å². The van der Waals surface area contributed by atoms with E-state index < -0.39 is 0 Å². The first-order valence-corrected chi connectivity index (χ1v) is 7.52. The Labute approximate surface area is 103 Å². The normalized spacial score (nSPS) is 20.6. The van der Waals surface area contributed by atoms with Crippen molar-refractivity contribution in [2.24, 2.45) is 11.7 Å². The maximum absolute atomic E-state index is 6.34. The van der Waals surface area contributed by atoms with E-state index in [1.165, 1.54) is 56.2 Å². The molecule has 1 saturated carbocycles. The van der Waals surface area contributed by atoms with Gasteiger partial charge in [0.2, 0.25) is 0 Å². The summed E-state index contributed by atoms with van der Waals surface area (Å²) >= 11 is 1.86. The zero-order valence-corrected chi connectivity index (χ0v) is 10.8. The molecule has 1 unspecified atom stereocenters. The lowest BCUT2D eigenvalue weighted by atomic mass is 9.89. The average molecular weight is 237 g/mol. The van der Waals surface area contributed by atoms with Crippen molar-refractivity contribution in [2.45, 2.75) is 57.4 Å². The Morgan fingerprint density at radius 2 is 2.00 bits per heavy atom. The molecule has 0 saturated heterocycles. The number of thiophene rings is 1. The van der Waals surface area contributed by atoms with Crippen LogP contribution < -0.4 is 5.73 Å². The monoisotopic (exact) mass is 237 g/mol. The average Bonchev–Trinajstić information content (AvgIpc) is 2.66. The van der Waals surface area contributed by atoms with Crippen LogP contribution in [0.25, 0.3) is 0 Å². The number of nitrogens with two attached hydrogens (primary N) is 1. The highest BCUT2D eigenvalue weighted by Gasteiger charge is 2.19. The fourth-order valence-electron chi connectivity index (χ4n) is 2.74. The minimum absolute atomic E-state index is 0.431. The molecule has 2 heteroatoms. The third-order valence-corrected chi connectivity index (χ3v) is 4.75. The van der Waals surface area contributed by atoms with Gasteiger partial charge in [-0.1, -0.05) is 31.7 Å². The molecule has 1 heterocycles. The molecule has 2 N–H and O–H groups in total. The lowest BCUT2D eigenvalue weighted by molar-refractivity contribution is 0.359. The molecule has 0 aliphatic heterocycles. The number of aryl methyl sites for hydroxylation is 1. The molecule has 90 valence electrons. The van der Waals surface area contributed by atoms with E-state index in [0.29, 0.717) is 6.04 Å². The first kappa shape index (κ1) is 12.1. The highest BCUT2D eigenvalue weighted by molar-refractivity contribution is 7.09. The van der Waals surface area contributed by atoms with Crippen molar-refractivity contribution in [3.8, 4) is 0 Å². The van der Waals surface area contributed by atoms with E-state index in [1.807, 2.05) is 11.3 Å². The van der Waals surface area contributed by atoms with Crippen LogP contribution in [0.3, 0.4) is 0 Å². The van der Waals surface area contributed by atoms with Crippen molar-refractivity contribution in [1.82, 2.24) is 0 Å². The van der Waals surface area contributed by atoms with Gasteiger partial charge in [0.25, 0.3) is 0 Å². The number of hydrogen-bond acceptors (Lipinski definition) is 2. The van der Waals surface area contributed by atoms with Crippen LogP contribution in [0.15, 0.2) is 17.5 Å². The fourth-order valence-corrected chi connectivity index (χ4v) is 3.46. The van der Waals surface area contributed by atoms with Gasteiger partial charge in [0.05, 0.1) is 0 Å². The summed E-state index contributed by atoms with van der Waals surface area (Å²) in [4.78, 5) is 1.49. The second-order valence-electron chi connectivity index (χ2n) is 5.03. The van der Waals surface area contributed by atoms with Crippen molar-refractivity contribution >= 4 is 11.3 Å². The Morgan fingerprint density at radius 1 is 1.25 bits per heavy atom. The van der Waals surface area contributed by atoms with E-state index in [2.05, 4.69) is 17.5 Å². The van der Waals surface area contributed by atoms with Crippen LogP contribution in [0.2, 0.25) is 0 Å².